The van der Waals surface area contributed by atoms with Crippen molar-refractivity contribution in [2.24, 2.45) is 0 Å². The van der Waals surface area contributed by atoms with Gasteiger partial charge in [0.15, 0.2) is 0 Å². The van der Waals surface area contributed by atoms with Gasteiger partial charge in [-0.05, 0) is 31.5 Å². The number of halogens is 2. The number of phenolic OH excluding ortho intramolecular Hbond substituents is 1. The van der Waals surface area contributed by atoms with Crippen LogP contribution in [0.15, 0.2) is 12.1 Å². The minimum absolute atomic E-state index is 0.0852. The average Bonchev–Trinajstić information content (AvgIpc) is 3.12. The molecule has 0 aliphatic carbocycles. The summed E-state index contributed by atoms with van der Waals surface area (Å²) in [6, 6.07) is 3.23. The van der Waals surface area contributed by atoms with Crippen LogP contribution in [0.25, 0.3) is 0 Å². The summed E-state index contributed by atoms with van der Waals surface area (Å²) in [7, 11) is 0. The van der Waals surface area contributed by atoms with Crippen molar-refractivity contribution in [2.45, 2.75) is 37.6 Å². The largest absolute Gasteiger partial charge is 0.508 e. The van der Waals surface area contributed by atoms with E-state index in [0.717, 1.165) is 56.1 Å². The second kappa shape index (κ2) is 5.96. The quantitative estimate of drug-likeness (QED) is 0.871. The van der Waals surface area contributed by atoms with Crippen molar-refractivity contribution in [1.29, 1.82) is 0 Å². The maximum absolute atomic E-state index is 10.2. The molecule has 0 amide bonds. The lowest BCUT2D eigenvalue weighted by atomic mass is 9.96. The molecule has 1 aromatic heterocycles. The molecule has 5 nitrogen and oxygen atoms in total. The number of aromatic hydroxyl groups is 1. The summed E-state index contributed by atoms with van der Waals surface area (Å²) in [6.07, 6.45) is 3.02. The van der Waals surface area contributed by atoms with Gasteiger partial charge in [0.05, 0.1) is 10.0 Å². The molecule has 23 heavy (non-hydrogen) atoms. The first-order chi connectivity index (χ1) is 11.1. The summed E-state index contributed by atoms with van der Waals surface area (Å²) < 4.78 is 2.19. The molecule has 0 saturated carbocycles. The van der Waals surface area contributed by atoms with E-state index in [-0.39, 0.29) is 11.7 Å². The van der Waals surface area contributed by atoms with Crippen LogP contribution in [-0.2, 0) is 13.0 Å². The molecule has 1 fully saturated rings. The smallest absolute Gasteiger partial charge is 0.137 e. The van der Waals surface area contributed by atoms with Crippen molar-refractivity contribution in [2.75, 3.05) is 13.1 Å². The first-order valence-electron chi connectivity index (χ1n) is 7.94. The van der Waals surface area contributed by atoms with E-state index in [4.69, 9.17) is 23.2 Å². The number of hydrogen-bond acceptors (Lipinski definition) is 4. The molecule has 0 bridgehead atoms. The molecule has 4 rings (SSSR count). The first kappa shape index (κ1) is 15.2. The van der Waals surface area contributed by atoms with Crippen molar-refractivity contribution in [1.82, 2.24) is 20.1 Å². The Bertz CT molecular complexity index is 740. The van der Waals surface area contributed by atoms with E-state index >= 15 is 0 Å². The van der Waals surface area contributed by atoms with Gasteiger partial charge in [0, 0.05) is 36.9 Å². The van der Waals surface area contributed by atoms with E-state index in [1.807, 2.05) is 0 Å². The van der Waals surface area contributed by atoms with Crippen LogP contribution in [0.4, 0.5) is 0 Å². The molecule has 7 heteroatoms. The Morgan fingerprint density at radius 3 is 2.87 bits per heavy atom. The van der Waals surface area contributed by atoms with Gasteiger partial charge >= 0.3 is 0 Å². The summed E-state index contributed by atoms with van der Waals surface area (Å²) in [5, 5.41) is 23.3. The zero-order chi connectivity index (χ0) is 16.0. The fourth-order valence-corrected chi connectivity index (χ4v) is 4.20. The number of nitrogens with one attached hydrogen (secondary N) is 1. The molecular weight excluding hydrogens is 335 g/mol. The Balaban J connectivity index is 1.64. The van der Waals surface area contributed by atoms with Crippen molar-refractivity contribution in [3.05, 3.63) is 39.4 Å². The van der Waals surface area contributed by atoms with Crippen molar-refractivity contribution < 1.29 is 5.11 Å². The molecule has 2 aliphatic heterocycles. The summed E-state index contributed by atoms with van der Waals surface area (Å²) in [6.45, 7) is 2.76. The van der Waals surface area contributed by atoms with Gasteiger partial charge < -0.3 is 15.0 Å². The van der Waals surface area contributed by atoms with Crippen LogP contribution in [0.3, 0.4) is 0 Å². The fourth-order valence-electron chi connectivity index (χ4n) is 3.72. The van der Waals surface area contributed by atoms with Gasteiger partial charge in [0.1, 0.15) is 17.4 Å². The van der Waals surface area contributed by atoms with E-state index in [1.165, 1.54) is 0 Å². The number of nitrogens with zero attached hydrogens (tertiary/aromatic N) is 3. The van der Waals surface area contributed by atoms with E-state index in [0.29, 0.717) is 16.0 Å². The van der Waals surface area contributed by atoms with Crippen LogP contribution in [0.2, 0.25) is 10.0 Å². The fraction of sp³-hybridized carbons (Fsp3) is 0.500. The van der Waals surface area contributed by atoms with Gasteiger partial charge in [-0.1, -0.05) is 23.2 Å². The Labute approximate surface area is 144 Å². The molecule has 1 aromatic carbocycles. The molecule has 1 saturated heterocycles. The predicted octanol–water partition coefficient (Wildman–Crippen LogP) is 3.10. The number of benzene rings is 1. The third-order valence-electron chi connectivity index (χ3n) is 4.87. The summed E-state index contributed by atoms with van der Waals surface area (Å²) in [4.78, 5) is 0. The molecule has 2 atom stereocenters. The molecular formula is C16H18Cl2N4O. The van der Waals surface area contributed by atoms with Gasteiger partial charge in [-0.2, -0.15) is 0 Å². The summed E-state index contributed by atoms with van der Waals surface area (Å²) in [5.74, 6) is 2.71. The molecule has 0 spiro atoms. The van der Waals surface area contributed by atoms with Crippen LogP contribution in [0, 0.1) is 0 Å². The highest BCUT2D eigenvalue weighted by Crippen LogP contribution is 2.42. The van der Waals surface area contributed by atoms with Gasteiger partial charge in [-0.25, -0.2) is 0 Å². The van der Waals surface area contributed by atoms with Crippen LogP contribution in [0.1, 0.15) is 41.9 Å². The zero-order valence-electron chi connectivity index (χ0n) is 12.6. The number of hydrogen-bond donors (Lipinski definition) is 2. The van der Waals surface area contributed by atoms with Crippen LogP contribution < -0.4 is 5.32 Å². The molecule has 2 aliphatic rings. The standard InChI is InChI=1S/C16H18Cl2N4O/c17-11-3-4-12(23)14(15(11)18)10-6-13-20-21-16(22(13)8-10)9-2-1-5-19-7-9/h3-4,9-10,19,23H,1-2,5-8H2/t9-,10+/m0/s1. The third-order valence-corrected chi connectivity index (χ3v) is 5.69. The SMILES string of the molecule is Oc1ccc(Cl)c(Cl)c1[C@@H]1Cc2nnc([C@H]3CCCNC3)n2C1. The van der Waals surface area contributed by atoms with Crippen molar-refractivity contribution >= 4 is 23.2 Å². The predicted molar refractivity (Wildman–Crippen MR) is 89.4 cm³/mol. The maximum Gasteiger partial charge on any atom is 0.137 e. The van der Waals surface area contributed by atoms with Gasteiger partial charge in [0.2, 0.25) is 0 Å². The van der Waals surface area contributed by atoms with E-state index in [9.17, 15) is 5.11 Å². The Kier molecular flexibility index (Phi) is 3.95. The lowest BCUT2D eigenvalue weighted by molar-refractivity contribution is 0.428. The average molecular weight is 353 g/mol. The van der Waals surface area contributed by atoms with Gasteiger partial charge in [0.25, 0.3) is 0 Å². The highest BCUT2D eigenvalue weighted by molar-refractivity contribution is 6.42. The second-order valence-corrected chi connectivity index (χ2v) is 7.11. The molecule has 2 N–H and O–H groups in total. The Morgan fingerprint density at radius 1 is 1.22 bits per heavy atom. The third kappa shape index (κ3) is 2.61. The topological polar surface area (TPSA) is 63.0 Å². The molecule has 0 unspecified atom stereocenters. The Hall–Kier alpha value is -1.30. The highest BCUT2D eigenvalue weighted by Gasteiger charge is 2.33. The normalized spacial score (nSPS) is 23.9. The maximum atomic E-state index is 10.2. The number of phenols is 1. The van der Waals surface area contributed by atoms with Crippen molar-refractivity contribution in [3.8, 4) is 5.75 Å². The molecule has 122 valence electrons. The van der Waals surface area contributed by atoms with E-state index in [1.54, 1.807) is 12.1 Å². The van der Waals surface area contributed by atoms with Crippen LogP contribution in [-0.4, -0.2) is 33.0 Å². The van der Waals surface area contributed by atoms with E-state index in [2.05, 4.69) is 20.1 Å². The zero-order valence-corrected chi connectivity index (χ0v) is 14.1. The lowest BCUT2D eigenvalue weighted by Crippen LogP contribution is -2.30. The van der Waals surface area contributed by atoms with Crippen molar-refractivity contribution in [3.63, 3.8) is 0 Å². The Morgan fingerprint density at radius 2 is 2.09 bits per heavy atom. The van der Waals surface area contributed by atoms with Crippen LogP contribution in [0.5, 0.6) is 5.75 Å². The summed E-state index contributed by atoms with van der Waals surface area (Å²) >= 11 is 12.4. The minimum atomic E-state index is 0.0852. The lowest BCUT2D eigenvalue weighted by Gasteiger charge is -2.22. The number of fused-ring (bicyclic) bond motifs is 1. The van der Waals surface area contributed by atoms with Gasteiger partial charge in [-0.15, -0.1) is 10.2 Å². The molecule has 3 heterocycles. The minimum Gasteiger partial charge on any atom is -0.508 e. The highest BCUT2D eigenvalue weighted by atomic mass is 35.5. The first-order valence-corrected chi connectivity index (χ1v) is 8.70. The number of aromatic nitrogens is 3. The second-order valence-electron chi connectivity index (χ2n) is 6.32. The molecule has 2 aromatic rings. The monoisotopic (exact) mass is 352 g/mol. The van der Waals surface area contributed by atoms with Crippen LogP contribution >= 0.6 is 23.2 Å². The van der Waals surface area contributed by atoms with E-state index < -0.39 is 0 Å². The summed E-state index contributed by atoms with van der Waals surface area (Å²) in [5.41, 5.74) is 0.720. The van der Waals surface area contributed by atoms with Gasteiger partial charge in [-0.3, -0.25) is 0 Å². The number of piperidine rings is 1. The number of rotatable bonds is 2. The molecule has 0 radical (unpaired) electrons.